The van der Waals surface area contributed by atoms with Gasteiger partial charge in [-0.1, -0.05) is 54.3 Å². The van der Waals surface area contributed by atoms with E-state index in [1.54, 1.807) is 0 Å². The highest BCUT2D eigenvalue weighted by atomic mass is 19.4. The number of aliphatic hydroxyl groups excluding tert-OH is 1. The molecule has 4 N–H and O–H groups in total. The lowest BCUT2D eigenvalue weighted by molar-refractivity contribution is -0.192. The summed E-state index contributed by atoms with van der Waals surface area (Å²) >= 11 is 0. The molecule has 0 aliphatic carbocycles. The van der Waals surface area contributed by atoms with Crippen LogP contribution < -0.4 is 5.73 Å². The molecule has 0 aliphatic rings. The molecular weight excluding hydrogens is 359 g/mol. The van der Waals surface area contributed by atoms with E-state index in [9.17, 15) is 18.3 Å². The highest BCUT2D eigenvalue weighted by Crippen LogP contribution is 2.16. The molecule has 1 atom stereocenters. The molecule has 27 heavy (non-hydrogen) atoms. The third kappa shape index (κ3) is 8.90. The van der Waals surface area contributed by atoms with E-state index < -0.39 is 18.2 Å². The molecule has 2 aromatic carbocycles. The van der Waals surface area contributed by atoms with Crippen LogP contribution in [0.2, 0.25) is 0 Å². The zero-order chi connectivity index (χ0) is 20.3. The van der Waals surface area contributed by atoms with E-state index in [-0.39, 0.29) is 0 Å². The number of halogens is 3. The van der Waals surface area contributed by atoms with Gasteiger partial charge in [0.1, 0.15) is 0 Å². The smallest absolute Gasteiger partial charge is 0.475 e. The fourth-order valence-electron chi connectivity index (χ4n) is 1.99. The quantitative estimate of drug-likeness (QED) is 0.712. The van der Waals surface area contributed by atoms with Gasteiger partial charge in [-0.2, -0.15) is 13.2 Å². The number of aliphatic carboxylic acids is 1. The van der Waals surface area contributed by atoms with Crippen molar-refractivity contribution in [2.75, 3.05) is 6.54 Å². The predicted octanol–water partition coefficient (Wildman–Crippen LogP) is 3.30. The highest BCUT2D eigenvalue weighted by Gasteiger charge is 2.38. The SMILES string of the molecule is NCCC(O)c1cccc(C#CCc2ccccc2)c1.O=C(O)C(F)(F)F. The Morgan fingerprint density at radius 1 is 1.11 bits per heavy atom. The maximum Gasteiger partial charge on any atom is 0.490 e. The molecule has 0 radical (unpaired) electrons. The van der Waals surface area contributed by atoms with Gasteiger partial charge in [-0.3, -0.25) is 0 Å². The van der Waals surface area contributed by atoms with Gasteiger partial charge < -0.3 is 15.9 Å². The number of nitrogens with two attached hydrogens (primary N) is 1. The monoisotopic (exact) mass is 379 g/mol. The topological polar surface area (TPSA) is 83.5 Å². The highest BCUT2D eigenvalue weighted by molar-refractivity contribution is 5.73. The van der Waals surface area contributed by atoms with E-state index in [1.807, 2.05) is 42.5 Å². The minimum atomic E-state index is -5.08. The van der Waals surface area contributed by atoms with Crippen molar-refractivity contribution in [3.63, 3.8) is 0 Å². The minimum absolute atomic E-state index is 0.477. The number of rotatable bonds is 4. The Balaban J connectivity index is 0.000000445. The summed E-state index contributed by atoms with van der Waals surface area (Å²) in [5.41, 5.74) is 8.47. The van der Waals surface area contributed by atoms with Gasteiger partial charge in [-0.05, 0) is 36.2 Å². The molecular formula is C20H20F3NO3. The van der Waals surface area contributed by atoms with Gasteiger partial charge in [0.2, 0.25) is 0 Å². The fourth-order valence-corrected chi connectivity index (χ4v) is 1.99. The summed E-state index contributed by atoms with van der Waals surface area (Å²) in [4.78, 5) is 8.90. The van der Waals surface area contributed by atoms with Crippen molar-refractivity contribution in [3.05, 3.63) is 71.3 Å². The van der Waals surface area contributed by atoms with E-state index in [0.29, 0.717) is 13.0 Å². The maximum absolute atomic E-state index is 10.6. The number of carboxylic acid groups (broad SMARTS) is 1. The Labute approximate surface area is 155 Å². The summed E-state index contributed by atoms with van der Waals surface area (Å²) in [5.74, 6) is 3.54. The first kappa shape index (κ1) is 22.2. The Morgan fingerprint density at radius 3 is 2.30 bits per heavy atom. The molecule has 1 unspecified atom stereocenters. The second kappa shape index (κ2) is 11.0. The summed E-state index contributed by atoms with van der Waals surface area (Å²) in [7, 11) is 0. The third-order valence-corrected chi connectivity index (χ3v) is 3.32. The van der Waals surface area contributed by atoms with E-state index in [2.05, 4.69) is 24.0 Å². The number of alkyl halides is 3. The first-order valence-corrected chi connectivity index (χ1v) is 8.05. The largest absolute Gasteiger partial charge is 0.490 e. The summed E-state index contributed by atoms with van der Waals surface area (Å²) in [6.07, 6.45) is -4.28. The number of carboxylic acids is 1. The van der Waals surface area contributed by atoms with Gasteiger partial charge in [-0.25, -0.2) is 4.79 Å². The number of hydrogen-bond acceptors (Lipinski definition) is 3. The van der Waals surface area contributed by atoms with Crippen molar-refractivity contribution in [2.45, 2.75) is 25.1 Å². The molecule has 0 fully saturated rings. The number of carbonyl (C=O) groups is 1. The van der Waals surface area contributed by atoms with Crippen LogP contribution in [0.3, 0.4) is 0 Å². The second-order valence-corrected chi connectivity index (χ2v) is 5.49. The van der Waals surface area contributed by atoms with Crippen molar-refractivity contribution in [1.82, 2.24) is 0 Å². The molecule has 0 heterocycles. The number of benzene rings is 2. The standard InChI is InChI=1S/C18H19NO.C2HF3O2/c19-13-12-18(20)17-11-5-10-16(14-17)9-4-8-15-6-2-1-3-7-15;3-2(4,5)1(6)7/h1-3,5-7,10-11,14,18,20H,8,12-13,19H2;(H,6,7). The molecule has 0 amide bonds. The number of aliphatic hydroxyl groups is 1. The molecule has 144 valence electrons. The van der Waals surface area contributed by atoms with Crippen LogP contribution in [0.1, 0.15) is 29.2 Å². The zero-order valence-electron chi connectivity index (χ0n) is 14.4. The average molecular weight is 379 g/mol. The first-order chi connectivity index (χ1) is 12.7. The van der Waals surface area contributed by atoms with Crippen LogP contribution >= 0.6 is 0 Å². The van der Waals surface area contributed by atoms with Crippen molar-refractivity contribution in [1.29, 1.82) is 0 Å². The second-order valence-electron chi connectivity index (χ2n) is 5.49. The Kier molecular flexibility index (Phi) is 9.06. The van der Waals surface area contributed by atoms with Crippen molar-refractivity contribution in [2.24, 2.45) is 5.73 Å². The van der Waals surface area contributed by atoms with Gasteiger partial charge in [0.15, 0.2) is 0 Å². The lowest BCUT2D eigenvalue weighted by Crippen LogP contribution is -2.21. The molecule has 0 spiro atoms. The molecule has 0 saturated heterocycles. The molecule has 0 bridgehead atoms. The third-order valence-electron chi connectivity index (χ3n) is 3.32. The Hall–Kier alpha value is -2.82. The zero-order valence-corrected chi connectivity index (χ0v) is 14.4. The lowest BCUT2D eigenvalue weighted by Gasteiger charge is -2.09. The molecule has 2 aromatic rings. The lowest BCUT2D eigenvalue weighted by atomic mass is 10.0. The summed E-state index contributed by atoms with van der Waals surface area (Å²) in [6.45, 7) is 0.477. The van der Waals surface area contributed by atoms with Crippen LogP contribution in [0, 0.1) is 11.8 Å². The van der Waals surface area contributed by atoms with Gasteiger partial charge in [0.25, 0.3) is 0 Å². The minimum Gasteiger partial charge on any atom is -0.475 e. The van der Waals surface area contributed by atoms with E-state index in [1.165, 1.54) is 5.56 Å². The normalized spacial score (nSPS) is 11.4. The van der Waals surface area contributed by atoms with Crippen LogP contribution in [0.15, 0.2) is 54.6 Å². The van der Waals surface area contributed by atoms with E-state index in [0.717, 1.165) is 17.5 Å². The van der Waals surface area contributed by atoms with Crippen molar-refractivity contribution < 1.29 is 28.2 Å². The first-order valence-electron chi connectivity index (χ1n) is 8.05. The molecule has 4 nitrogen and oxygen atoms in total. The van der Waals surface area contributed by atoms with E-state index >= 15 is 0 Å². The summed E-state index contributed by atoms with van der Waals surface area (Å²) in [5, 5.41) is 17.0. The Bertz CT molecular complexity index is 780. The fraction of sp³-hybridized carbons (Fsp3) is 0.250. The van der Waals surface area contributed by atoms with Gasteiger partial charge >= 0.3 is 12.1 Å². The number of hydrogen-bond donors (Lipinski definition) is 3. The maximum atomic E-state index is 10.6. The van der Waals surface area contributed by atoms with Crippen molar-refractivity contribution in [3.8, 4) is 11.8 Å². The van der Waals surface area contributed by atoms with Crippen LogP contribution in [-0.4, -0.2) is 28.9 Å². The molecule has 0 aliphatic heterocycles. The molecule has 0 saturated carbocycles. The van der Waals surface area contributed by atoms with Gasteiger partial charge in [-0.15, -0.1) is 0 Å². The van der Waals surface area contributed by atoms with Crippen LogP contribution in [0.5, 0.6) is 0 Å². The molecule has 0 aromatic heterocycles. The summed E-state index contributed by atoms with van der Waals surface area (Å²) in [6, 6.07) is 17.9. The van der Waals surface area contributed by atoms with Crippen LogP contribution in [0.25, 0.3) is 0 Å². The average Bonchev–Trinajstić information content (AvgIpc) is 2.63. The predicted molar refractivity (Wildman–Crippen MR) is 95.8 cm³/mol. The van der Waals surface area contributed by atoms with Crippen molar-refractivity contribution >= 4 is 5.97 Å². The summed E-state index contributed by atoms with van der Waals surface area (Å²) < 4.78 is 31.7. The van der Waals surface area contributed by atoms with E-state index in [4.69, 9.17) is 15.6 Å². The molecule has 7 heteroatoms. The van der Waals surface area contributed by atoms with Crippen LogP contribution in [-0.2, 0) is 11.2 Å². The van der Waals surface area contributed by atoms with Crippen LogP contribution in [0.4, 0.5) is 13.2 Å². The van der Waals surface area contributed by atoms with Gasteiger partial charge in [0.05, 0.1) is 6.10 Å². The van der Waals surface area contributed by atoms with Gasteiger partial charge in [0, 0.05) is 12.0 Å². The molecule has 2 rings (SSSR count). The Morgan fingerprint density at radius 2 is 1.74 bits per heavy atom.